The molecule has 1 saturated heterocycles. The van der Waals surface area contributed by atoms with Crippen molar-refractivity contribution in [3.63, 3.8) is 0 Å². The first-order valence-electron chi connectivity index (χ1n) is 8.44. The van der Waals surface area contributed by atoms with E-state index < -0.39 is 0 Å². The zero-order valence-corrected chi connectivity index (χ0v) is 15.8. The average molecular weight is 390 g/mol. The average Bonchev–Trinajstić information content (AvgIpc) is 3.12. The van der Waals surface area contributed by atoms with Gasteiger partial charge in [-0.15, -0.1) is 12.4 Å². The van der Waals surface area contributed by atoms with Crippen LogP contribution in [0.15, 0.2) is 61.2 Å². The van der Waals surface area contributed by atoms with Gasteiger partial charge in [0, 0.05) is 61.4 Å². The number of benzene rings is 1. The number of rotatable bonds is 4. The minimum Gasteiger partial charge on any atom is -0.314 e. The lowest BCUT2D eigenvalue weighted by Gasteiger charge is -2.36. The van der Waals surface area contributed by atoms with Crippen molar-refractivity contribution in [1.82, 2.24) is 25.0 Å². The highest BCUT2D eigenvalue weighted by Gasteiger charge is 2.24. The molecule has 0 bridgehead atoms. The van der Waals surface area contributed by atoms with Gasteiger partial charge in [-0.1, -0.05) is 11.6 Å². The van der Waals surface area contributed by atoms with Crippen LogP contribution in [0.1, 0.15) is 17.2 Å². The second kappa shape index (κ2) is 8.64. The lowest BCUT2D eigenvalue weighted by Crippen LogP contribution is -2.45. The van der Waals surface area contributed by atoms with Crippen molar-refractivity contribution in [2.24, 2.45) is 0 Å². The van der Waals surface area contributed by atoms with E-state index in [0.717, 1.165) is 36.9 Å². The standard InChI is InChI=1S/C19H20ClN5.ClH/c20-17-1-3-18(4-2-17)25-14-15(11-23-25)13-24-10-9-22-12-19(24)16-5-7-21-8-6-16;/h1-8,11,14,19,22H,9-10,12-13H2;1H. The molecule has 0 amide bonds. The van der Waals surface area contributed by atoms with Crippen LogP contribution in [-0.2, 0) is 6.54 Å². The minimum atomic E-state index is 0. The maximum atomic E-state index is 5.96. The molecule has 0 saturated carbocycles. The maximum Gasteiger partial charge on any atom is 0.0646 e. The summed E-state index contributed by atoms with van der Waals surface area (Å²) in [6.07, 6.45) is 7.76. The van der Waals surface area contributed by atoms with Gasteiger partial charge in [-0.2, -0.15) is 5.10 Å². The summed E-state index contributed by atoms with van der Waals surface area (Å²) < 4.78 is 1.90. The van der Waals surface area contributed by atoms with Crippen molar-refractivity contribution >= 4 is 24.0 Å². The highest BCUT2D eigenvalue weighted by molar-refractivity contribution is 6.30. The summed E-state index contributed by atoms with van der Waals surface area (Å²) in [5.74, 6) is 0. The molecule has 136 valence electrons. The largest absolute Gasteiger partial charge is 0.314 e. The third-order valence-corrected chi connectivity index (χ3v) is 4.81. The summed E-state index contributed by atoms with van der Waals surface area (Å²) in [6.45, 7) is 3.85. The zero-order valence-electron chi connectivity index (χ0n) is 14.3. The summed E-state index contributed by atoms with van der Waals surface area (Å²) in [4.78, 5) is 6.63. The Hall–Kier alpha value is -1.92. The number of nitrogens with one attached hydrogen (secondary N) is 1. The van der Waals surface area contributed by atoms with Crippen LogP contribution < -0.4 is 5.32 Å². The Kier molecular flexibility index (Phi) is 6.27. The van der Waals surface area contributed by atoms with E-state index in [-0.39, 0.29) is 12.4 Å². The molecule has 3 aromatic rings. The molecule has 7 heteroatoms. The van der Waals surface area contributed by atoms with Gasteiger partial charge in [0.1, 0.15) is 0 Å². The molecule has 0 aliphatic carbocycles. The number of nitrogens with zero attached hydrogens (tertiary/aromatic N) is 4. The van der Waals surface area contributed by atoms with Crippen molar-refractivity contribution < 1.29 is 0 Å². The van der Waals surface area contributed by atoms with Gasteiger partial charge in [0.25, 0.3) is 0 Å². The lowest BCUT2D eigenvalue weighted by molar-refractivity contribution is 0.153. The highest BCUT2D eigenvalue weighted by Crippen LogP contribution is 2.24. The quantitative estimate of drug-likeness (QED) is 0.741. The molecule has 0 spiro atoms. The zero-order chi connectivity index (χ0) is 17.1. The molecule has 3 heterocycles. The number of aromatic nitrogens is 3. The monoisotopic (exact) mass is 389 g/mol. The first-order chi connectivity index (χ1) is 12.3. The van der Waals surface area contributed by atoms with Gasteiger partial charge in [-0.3, -0.25) is 9.88 Å². The van der Waals surface area contributed by atoms with Gasteiger partial charge in [0.15, 0.2) is 0 Å². The van der Waals surface area contributed by atoms with Gasteiger partial charge in [0.05, 0.1) is 11.9 Å². The summed E-state index contributed by atoms with van der Waals surface area (Å²) in [5.41, 5.74) is 3.52. The number of piperazine rings is 1. The van der Waals surface area contributed by atoms with Crippen LogP contribution in [-0.4, -0.2) is 39.3 Å². The molecule has 1 unspecified atom stereocenters. The van der Waals surface area contributed by atoms with Gasteiger partial charge >= 0.3 is 0 Å². The number of hydrogen-bond acceptors (Lipinski definition) is 4. The summed E-state index contributed by atoms with van der Waals surface area (Å²) in [5, 5.41) is 8.72. The fraction of sp³-hybridized carbons (Fsp3) is 0.263. The molecule has 5 nitrogen and oxygen atoms in total. The van der Waals surface area contributed by atoms with Crippen LogP contribution in [0.2, 0.25) is 5.02 Å². The topological polar surface area (TPSA) is 46.0 Å². The third kappa shape index (κ3) is 4.24. The second-order valence-corrected chi connectivity index (χ2v) is 6.68. The molecule has 1 aromatic carbocycles. The summed E-state index contributed by atoms with van der Waals surface area (Å²) >= 11 is 5.96. The summed E-state index contributed by atoms with van der Waals surface area (Å²) in [6, 6.07) is 12.3. The fourth-order valence-electron chi connectivity index (χ4n) is 3.26. The van der Waals surface area contributed by atoms with Crippen LogP contribution in [0.3, 0.4) is 0 Å². The Morgan fingerprint density at radius 1 is 1.12 bits per heavy atom. The van der Waals surface area contributed by atoms with E-state index in [1.807, 2.05) is 47.5 Å². The molecular formula is C19H21Cl2N5. The van der Waals surface area contributed by atoms with Crippen LogP contribution in [0.25, 0.3) is 5.69 Å². The Morgan fingerprint density at radius 2 is 1.88 bits per heavy atom. The lowest BCUT2D eigenvalue weighted by atomic mass is 10.0. The Morgan fingerprint density at radius 3 is 2.65 bits per heavy atom. The van der Waals surface area contributed by atoms with Crippen molar-refractivity contribution in [2.45, 2.75) is 12.6 Å². The van der Waals surface area contributed by atoms with E-state index in [2.05, 4.69) is 38.6 Å². The van der Waals surface area contributed by atoms with E-state index >= 15 is 0 Å². The number of pyridine rings is 1. The SMILES string of the molecule is Cl.Clc1ccc(-n2cc(CN3CCNCC3c3ccncc3)cn2)cc1. The van der Waals surface area contributed by atoms with Crippen LogP contribution in [0.4, 0.5) is 0 Å². The molecule has 1 aliphatic rings. The molecule has 1 aliphatic heterocycles. The molecule has 26 heavy (non-hydrogen) atoms. The van der Waals surface area contributed by atoms with E-state index in [0.29, 0.717) is 6.04 Å². The van der Waals surface area contributed by atoms with Crippen molar-refractivity contribution in [3.05, 3.63) is 77.3 Å². The number of halogens is 2. The van der Waals surface area contributed by atoms with E-state index in [1.54, 1.807) is 0 Å². The van der Waals surface area contributed by atoms with Crippen LogP contribution >= 0.6 is 24.0 Å². The molecular weight excluding hydrogens is 369 g/mol. The Labute approximate surface area is 164 Å². The van der Waals surface area contributed by atoms with E-state index in [4.69, 9.17) is 11.6 Å². The molecule has 2 aromatic heterocycles. The smallest absolute Gasteiger partial charge is 0.0646 e. The van der Waals surface area contributed by atoms with E-state index in [9.17, 15) is 0 Å². The normalized spacial score (nSPS) is 17.7. The fourth-order valence-corrected chi connectivity index (χ4v) is 3.39. The third-order valence-electron chi connectivity index (χ3n) is 4.56. The van der Waals surface area contributed by atoms with Gasteiger partial charge < -0.3 is 5.32 Å². The molecule has 0 radical (unpaired) electrons. The molecule has 1 N–H and O–H groups in total. The van der Waals surface area contributed by atoms with Gasteiger partial charge in [-0.25, -0.2) is 4.68 Å². The first-order valence-corrected chi connectivity index (χ1v) is 8.81. The maximum absolute atomic E-state index is 5.96. The van der Waals surface area contributed by atoms with Crippen molar-refractivity contribution in [3.8, 4) is 5.69 Å². The number of hydrogen-bond donors (Lipinski definition) is 1. The summed E-state index contributed by atoms with van der Waals surface area (Å²) in [7, 11) is 0. The second-order valence-electron chi connectivity index (χ2n) is 6.24. The Bertz CT molecular complexity index is 819. The molecule has 1 fully saturated rings. The predicted molar refractivity (Wildman–Crippen MR) is 106 cm³/mol. The van der Waals surface area contributed by atoms with E-state index in [1.165, 1.54) is 11.1 Å². The van der Waals surface area contributed by atoms with Crippen LogP contribution in [0, 0.1) is 0 Å². The molecule has 1 atom stereocenters. The van der Waals surface area contributed by atoms with Crippen molar-refractivity contribution in [1.29, 1.82) is 0 Å². The predicted octanol–water partition coefficient (Wildman–Crippen LogP) is 3.49. The molecule has 4 rings (SSSR count). The minimum absolute atomic E-state index is 0. The van der Waals surface area contributed by atoms with Gasteiger partial charge in [0.2, 0.25) is 0 Å². The Balaban J connectivity index is 0.00000196. The first kappa shape index (κ1) is 18.9. The highest BCUT2D eigenvalue weighted by atomic mass is 35.5. The van der Waals surface area contributed by atoms with Crippen LogP contribution in [0.5, 0.6) is 0 Å². The van der Waals surface area contributed by atoms with Crippen molar-refractivity contribution in [2.75, 3.05) is 19.6 Å². The van der Waals surface area contributed by atoms with Gasteiger partial charge in [-0.05, 0) is 42.0 Å².